The van der Waals surface area contributed by atoms with E-state index in [9.17, 15) is 0 Å². The average molecular weight is 196 g/mol. The summed E-state index contributed by atoms with van der Waals surface area (Å²) in [6.07, 6.45) is 5.50. The molecule has 3 rings (SSSR count). The SMILES string of the molecule is c1scc2c1OC1CCCCC1O2. The van der Waals surface area contributed by atoms with Gasteiger partial charge in [-0.15, -0.1) is 11.3 Å². The summed E-state index contributed by atoms with van der Waals surface area (Å²) in [5.41, 5.74) is 0. The molecule has 0 spiro atoms. The predicted molar refractivity (Wildman–Crippen MR) is 51.6 cm³/mol. The van der Waals surface area contributed by atoms with Gasteiger partial charge in [-0.25, -0.2) is 0 Å². The zero-order chi connectivity index (χ0) is 8.67. The van der Waals surface area contributed by atoms with Crippen LogP contribution in [-0.4, -0.2) is 12.2 Å². The van der Waals surface area contributed by atoms with E-state index in [0.717, 1.165) is 24.3 Å². The molecular formula is C10H12O2S. The highest BCUT2D eigenvalue weighted by atomic mass is 32.1. The zero-order valence-electron chi connectivity index (χ0n) is 7.36. The van der Waals surface area contributed by atoms with Crippen molar-refractivity contribution >= 4 is 11.3 Å². The van der Waals surface area contributed by atoms with E-state index in [1.807, 2.05) is 10.8 Å². The maximum Gasteiger partial charge on any atom is 0.172 e. The minimum Gasteiger partial charge on any atom is -0.482 e. The zero-order valence-corrected chi connectivity index (χ0v) is 8.18. The molecule has 1 aliphatic heterocycles. The van der Waals surface area contributed by atoms with Crippen LogP contribution in [0.1, 0.15) is 25.7 Å². The Kier molecular flexibility index (Phi) is 1.72. The standard InChI is InChI=1S/C10H12O2S/c1-2-4-8-7(3-1)11-9-5-13-6-10(9)12-8/h5-8H,1-4H2. The van der Waals surface area contributed by atoms with Crippen LogP contribution in [-0.2, 0) is 0 Å². The lowest BCUT2D eigenvalue weighted by atomic mass is 9.94. The van der Waals surface area contributed by atoms with Crippen molar-refractivity contribution in [3.8, 4) is 11.5 Å². The molecule has 1 aromatic heterocycles. The summed E-state index contributed by atoms with van der Waals surface area (Å²) in [7, 11) is 0. The molecule has 70 valence electrons. The van der Waals surface area contributed by atoms with E-state index in [1.54, 1.807) is 11.3 Å². The molecule has 0 N–H and O–H groups in total. The Labute approximate surface area is 81.5 Å². The van der Waals surface area contributed by atoms with Crippen LogP contribution in [0.2, 0.25) is 0 Å². The normalized spacial score (nSPS) is 31.1. The van der Waals surface area contributed by atoms with Gasteiger partial charge in [0, 0.05) is 10.8 Å². The van der Waals surface area contributed by atoms with Crippen molar-refractivity contribution in [2.45, 2.75) is 37.9 Å². The Morgan fingerprint density at radius 2 is 1.54 bits per heavy atom. The van der Waals surface area contributed by atoms with Crippen molar-refractivity contribution in [3.63, 3.8) is 0 Å². The van der Waals surface area contributed by atoms with Crippen LogP contribution in [0, 0.1) is 0 Å². The summed E-state index contributed by atoms with van der Waals surface area (Å²) in [5, 5.41) is 4.06. The fraction of sp³-hybridized carbons (Fsp3) is 0.600. The second-order valence-electron chi connectivity index (χ2n) is 3.70. The molecule has 2 atom stereocenters. The lowest BCUT2D eigenvalue weighted by molar-refractivity contribution is -0.00503. The molecule has 13 heavy (non-hydrogen) atoms. The summed E-state index contributed by atoms with van der Waals surface area (Å²) in [6, 6.07) is 0. The maximum atomic E-state index is 5.86. The molecule has 0 amide bonds. The Morgan fingerprint density at radius 3 is 2.08 bits per heavy atom. The van der Waals surface area contributed by atoms with Gasteiger partial charge in [-0.1, -0.05) is 0 Å². The van der Waals surface area contributed by atoms with E-state index in [-0.39, 0.29) is 0 Å². The summed E-state index contributed by atoms with van der Waals surface area (Å²) >= 11 is 1.65. The molecule has 0 aromatic carbocycles. The van der Waals surface area contributed by atoms with Crippen LogP contribution < -0.4 is 9.47 Å². The van der Waals surface area contributed by atoms with Crippen LogP contribution in [0.25, 0.3) is 0 Å². The van der Waals surface area contributed by atoms with Crippen LogP contribution in [0.15, 0.2) is 10.8 Å². The average Bonchev–Trinajstić information content (AvgIpc) is 2.61. The van der Waals surface area contributed by atoms with Gasteiger partial charge in [-0.05, 0) is 25.7 Å². The summed E-state index contributed by atoms with van der Waals surface area (Å²) < 4.78 is 11.7. The Balaban J connectivity index is 1.89. The molecule has 3 heteroatoms. The second-order valence-corrected chi connectivity index (χ2v) is 4.44. The van der Waals surface area contributed by atoms with Crippen LogP contribution in [0.3, 0.4) is 0 Å². The molecule has 2 unspecified atom stereocenters. The van der Waals surface area contributed by atoms with E-state index in [4.69, 9.17) is 9.47 Å². The van der Waals surface area contributed by atoms with Gasteiger partial charge >= 0.3 is 0 Å². The molecule has 0 saturated heterocycles. The fourth-order valence-electron chi connectivity index (χ4n) is 2.10. The van der Waals surface area contributed by atoms with Gasteiger partial charge in [-0.2, -0.15) is 0 Å². The van der Waals surface area contributed by atoms with E-state index in [0.29, 0.717) is 12.2 Å². The Bertz CT molecular complexity index is 279. The molecule has 1 fully saturated rings. The van der Waals surface area contributed by atoms with Crippen molar-refractivity contribution in [3.05, 3.63) is 10.8 Å². The largest absolute Gasteiger partial charge is 0.482 e. The first-order valence-corrected chi connectivity index (χ1v) is 5.77. The molecule has 0 bridgehead atoms. The monoisotopic (exact) mass is 196 g/mol. The van der Waals surface area contributed by atoms with E-state index in [2.05, 4.69) is 0 Å². The first-order chi connectivity index (χ1) is 6.43. The number of fused-ring (bicyclic) bond motifs is 2. The first-order valence-electron chi connectivity index (χ1n) is 4.83. The van der Waals surface area contributed by atoms with E-state index in [1.165, 1.54) is 12.8 Å². The van der Waals surface area contributed by atoms with Crippen molar-refractivity contribution < 1.29 is 9.47 Å². The predicted octanol–water partition coefficient (Wildman–Crippen LogP) is 2.83. The first kappa shape index (κ1) is 7.68. The third-order valence-electron chi connectivity index (χ3n) is 2.79. The number of hydrogen-bond acceptors (Lipinski definition) is 3. The second kappa shape index (κ2) is 2.91. The number of ether oxygens (including phenoxy) is 2. The Morgan fingerprint density at radius 1 is 1.00 bits per heavy atom. The van der Waals surface area contributed by atoms with Gasteiger partial charge in [-0.3, -0.25) is 0 Å². The third-order valence-corrected chi connectivity index (χ3v) is 3.49. The topological polar surface area (TPSA) is 18.5 Å². The van der Waals surface area contributed by atoms with E-state index >= 15 is 0 Å². The van der Waals surface area contributed by atoms with Crippen molar-refractivity contribution in [1.82, 2.24) is 0 Å². The molecule has 2 aliphatic rings. The molecular weight excluding hydrogens is 184 g/mol. The highest BCUT2D eigenvalue weighted by Crippen LogP contribution is 2.40. The minimum absolute atomic E-state index is 0.316. The highest BCUT2D eigenvalue weighted by molar-refractivity contribution is 7.08. The molecule has 0 radical (unpaired) electrons. The smallest absolute Gasteiger partial charge is 0.172 e. The molecule has 2 nitrogen and oxygen atoms in total. The van der Waals surface area contributed by atoms with E-state index < -0.39 is 0 Å². The number of thiophene rings is 1. The lowest BCUT2D eigenvalue weighted by Gasteiger charge is -2.35. The van der Waals surface area contributed by atoms with Crippen LogP contribution in [0.5, 0.6) is 11.5 Å². The van der Waals surface area contributed by atoms with Gasteiger partial charge in [0.05, 0.1) is 0 Å². The van der Waals surface area contributed by atoms with Crippen molar-refractivity contribution in [1.29, 1.82) is 0 Å². The van der Waals surface area contributed by atoms with Gasteiger partial charge in [0.25, 0.3) is 0 Å². The van der Waals surface area contributed by atoms with Crippen molar-refractivity contribution in [2.24, 2.45) is 0 Å². The summed E-state index contributed by atoms with van der Waals surface area (Å²) in [5.74, 6) is 1.90. The Hall–Kier alpha value is -0.700. The number of hydrogen-bond donors (Lipinski definition) is 0. The fourth-order valence-corrected chi connectivity index (χ4v) is 2.76. The molecule has 1 saturated carbocycles. The molecule has 2 heterocycles. The molecule has 1 aliphatic carbocycles. The highest BCUT2D eigenvalue weighted by Gasteiger charge is 2.33. The van der Waals surface area contributed by atoms with Gasteiger partial charge in [0.1, 0.15) is 12.2 Å². The third kappa shape index (κ3) is 1.22. The lowest BCUT2D eigenvalue weighted by Crippen LogP contribution is -2.41. The minimum atomic E-state index is 0.316. The van der Waals surface area contributed by atoms with Gasteiger partial charge in [0.2, 0.25) is 0 Å². The maximum absolute atomic E-state index is 5.86. The summed E-state index contributed by atoms with van der Waals surface area (Å²) in [6.45, 7) is 0. The summed E-state index contributed by atoms with van der Waals surface area (Å²) in [4.78, 5) is 0. The van der Waals surface area contributed by atoms with Crippen LogP contribution in [0.4, 0.5) is 0 Å². The van der Waals surface area contributed by atoms with Gasteiger partial charge in [0.15, 0.2) is 11.5 Å². The van der Waals surface area contributed by atoms with Crippen molar-refractivity contribution in [2.75, 3.05) is 0 Å². The quantitative estimate of drug-likeness (QED) is 0.635. The number of rotatable bonds is 0. The van der Waals surface area contributed by atoms with Crippen LogP contribution >= 0.6 is 11.3 Å². The van der Waals surface area contributed by atoms with Gasteiger partial charge < -0.3 is 9.47 Å². The molecule has 1 aromatic rings.